The third-order valence-corrected chi connectivity index (χ3v) is 3.96. The SMILES string of the molecule is CC(NC(=O)c1cnccn1)c1cc2c(cc1Br)OCCO2. The van der Waals surface area contributed by atoms with Crippen molar-refractivity contribution in [3.05, 3.63) is 46.5 Å². The van der Waals surface area contributed by atoms with Crippen molar-refractivity contribution in [2.45, 2.75) is 13.0 Å². The van der Waals surface area contributed by atoms with Gasteiger partial charge >= 0.3 is 0 Å². The highest BCUT2D eigenvalue weighted by molar-refractivity contribution is 9.10. The van der Waals surface area contributed by atoms with Gasteiger partial charge in [0.15, 0.2) is 11.5 Å². The molecule has 0 aliphatic carbocycles. The van der Waals surface area contributed by atoms with Gasteiger partial charge in [0.2, 0.25) is 0 Å². The molecule has 6 nitrogen and oxygen atoms in total. The molecule has 1 N–H and O–H groups in total. The zero-order chi connectivity index (χ0) is 15.5. The average Bonchev–Trinajstić information content (AvgIpc) is 2.54. The van der Waals surface area contributed by atoms with Crippen molar-refractivity contribution in [1.82, 2.24) is 15.3 Å². The molecule has 0 saturated heterocycles. The van der Waals surface area contributed by atoms with E-state index < -0.39 is 0 Å². The summed E-state index contributed by atoms with van der Waals surface area (Å²) in [6.07, 6.45) is 4.44. The zero-order valence-corrected chi connectivity index (χ0v) is 13.5. The topological polar surface area (TPSA) is 73.3 Å². The van der Waals surface area contributed by atoms with E-state index in [0.717, 1.165) is 10.0 Å². The van der Waals surface area contributed by atoms with Crippen LogP contribution in [0.25, 0.3) is 0 Å². The van der Waals surface area contributed by atoms with E-state index in [1.165, 1.54) is 18.6 Å². The Labute approximate surface area is 136 Å². The molecule has 114 valence electrons. The molecule has 1 aliphatic rings. The highest BCUT2D eigenvalue weighted by Gasteiger charge is 2.20. The lowest BCUT2D eigenvalue weighted by Gasteiger charge is -2.22. The van der Waals surface area contributed by atoms with Crippen LogP contribution >= 0.6 is 15.9 Å². The summed E-state index contributed by atoms with van der Waals surface area (Å²) in [6.45, 7) is 2.95. The Morgan fingerprint density at radius 2 is 2.00 bits per heavy atom. The van der Waals surface area contributed by atoms with Crippen LogP contribution in [0.5, 0.6) is 11.5 Å². The van der Waals surface area contributed by atoms with E-state index in [4.69, 9.17) is 9.47 Å². The number of carbonyl (C=O) groups excluding carboxylic acids is 1. The van der Waals surface area contributed by atoms with Crippen LogP contribution < -0.4 is 14.8 Å². The first-order chi connectivity index (χ1) is 10.6. The van der Waals surface area contributed by atoms with Crippen molar-refractivity contribution in [2.24, 2.45) is 0 Å². The Hall–Kier alpha value is -2.15. The van der Waals surface area contributed by atoms with Gasteiger partial charge in [-0.3, -0.25) is 9.78 Å². The number of aromatic nitrogens is 2. The average molecular weight is 364 g/mol. The molecule has 22 heavy (non-hydrogen) atoms. The summed E-state index contributed by atoms with van der Waals surface area (Å²) in [4.78, 5) is 20.0. The molecule has 1 aromatic heterocycles. The van der Waals surface area contributed by atoms with Gasteiger partial charge in [0.25, 0.3) is 5.91 Å². The van der Waals surface area contributed by atoms with E-state index >= 15 is 0 Å². The van der Waals surface area contributed by atoms with E-state index in [1.807, 2.05) is 19.1 Å². The number of amides is 1. The van der Waals surface area contributed by atoms with Crippen LogP contribution in [0.2, 0.25) is 0 Å². The summed E-state index contributed by atoms with van der Waals surface area (Å²) < 4.78 is 12.0. The number of fused-ring (bicyclic) bond motifs is 1. The third kappa shape index (κ3) is 3.04. The van der Waals surface area contributed by atoms with E-state index in [-0.39, 0.29) is 17.6 Å². The molecule has 2 heterocycles. The fraction of sp³-hybridized carbons (Fsp3) is 0.267. The maximum atomic E-state index is 12.1. The highest BCUT2D eigenvalue weighted by Crippen LogP contribution is 2.37. The number of carbonyl (C=O) groups is 1. The van der Waals surface area contributed by atoms with Crippen molar-refractivity contribution < 1.29 is 14.3 Å². The van der Waals surface area contributed by atoms with Crippen LogP contribution in [0.15, 0.2) is 35.2 Å². The van der Waals surface area contributed by atoms with Crippen LogP contribution in [-0.2, 0) is 0 Å². The van der Waals surface area contributed by atoms with Crippen LogP contribution in [-0.4, -0.2) is 29.1 Å². The molecule has 1 aromatic carbocycles. The van der Waals surface area contributed by atoms with E-state index in [1.54, 1.807) is 0 Å². The van der Waals surface area contributed by atoms with Gasteiger partial charge in [-0.15, -0.1) is 0 Å². The lowest BCUT2D eigenvalue weighted by Crippen LogP contribution is -2.28. The molecule has 0 spiro atoms. The first-order valence-corrected chi connectivity index (χ1v) is 7.60. The quantitative estimate of drug-likeness (QED) is 0.906. The standard InChI is InChI=1S/C15H14BrN3O3/c1-9(19-15(20)12-8-17-2-3-18-12)10-6-13-14(7-11(10)16)22-5-4-21-13/h2-3,6-9H,4-5H2,1H3,(H,19,20). The Kier molecular flexibility index (Phi) is 4.24. The molecule has 0 bridgehead atoms. The largest absolute Gasteiger partial charge is 0.486 e. The second kappa shape index (κ2) is 6.31. The monoisotopic (exact) mass is 363 g/mol. The number of hydrogen-bond acceptors (Lipinski definition) is 5. The minimum Gasteiger partial charge on any atom is -0.486 e. The summed E-state index contributed by atoms with van der Waals surface area (Å²) in [5.74, 6) is 1.11. The minimum atomic E-state index is -0.276. The number of nitrogens with zero attached hydrogens (tertiary/aromatic N) is 2. The van der Waals surface area contributed by atoms with Crippen LogP contribution in [0.1, 0.15) is 29.0 Å². The molecule has 1 unspecified atom stereocenters. The van der Waals surface area contributed by atoms with Crippen LogP contribution in [0, 0.1) is 0 Å². The number of ether oxygens (including phenoxy) is 2. The molecular weight excluding hydrogens is 350 g/mol. The highest BCUT2D eigenvalue weighted by atomic mass is 79.9. The summed E-state index contributed by atoms with van der Waals surface area (Å²) in [5, 5.41) is 2.89. The van der Waals surface area contributed by atoms with E-state index in [2.05, 4.69) is 31.2 Å². The van der Waals surface area contributed by atoms with Crippen molar-refractivity contribution in [1.29, 1.82) is 0 Å². The lowest BCUT2D eigenvalue weighted by atomic mass is 10.1. The van der Waals surface area contributed by atoms with Gasteiger partial charge in [-0.05, 0) is 24.6 Å². The summed E-state index contributed by atoms with van der Waals surface area (Å²) in [5.41, 5.74) is 1.18. The van der Waals surface area contributed by atoms with Crippen LogP contribution in [0.3, 0.4) is 0 Å². The Bertz CT molecular complexity index is 694. The summed E-state index contributed by atoms with van der Waals surface area (Å²) in [6, 6.07) is 3.51. The maximum absolute atomic E-state index is 12.1. The molecule has 1 aliphatic heterocycles. The fourth-order valence-corrected chi connectivity index (χ4v) is 2.84. The van der Waals surface area contributed by atoms with Gasteiger partial charge in [0.05, 0.1) is 12.2 Å². The minimum absolute atomic E-state index is 0.222. The zero-order valence-electron chi connectivity index (χ0n) is 11.9. The lowest BCUT2D eigenvalue weighted by molar-refractivity contribution is 0.0934. The number of halogens is 1. The number of nitrogens with one attached hydrogen (secondary N) is 1. The molecule has 0 saturated carbocycles. The van der Waals surface area contributed by atoms with Gasteiger partial charge in [-0.2, -0.15) is 0 Å². The summed E-state index contributed by atoms with van der Waals surface area (Å²) >= 11 is 3.51. The molecule has 0 fully saturated rings. The van der Waals surface area contributed by atoms with Crippen LogP contribution in [0.4, 0.5) is 0 Å². The van der Waals surface area contributed by atoms with Gasteiger partial charge in [0, 0.05) is 16.9 Å². The number of rotatable bonds is 3. The second-order valence-corrected chi connectivity index (χ2v) is 5.66. The van der Waals surface area contributed by atoms with Crippen molar-refractivity contribution in [2.75, 3.05) is 13.2 Å². The fourth-order valence-electron chi connectivity index (χ4n) is 2.18. The number of hydrogen-bond donors (Lipinski definition) is 1. The second-order valence-electron chi connectivity index (χ2n) is 4.80. The van der Waals surface area contributed by atoms with E-state index in [9.17, 15) is 4.79 Å². The molecule has 1 amide bonds. The molecule has 2 aromatic rings. The van der Waals surface area contributed by atoms with E-state index in [0.29, 0.717) is 24.7 Å². The molecule has 7 heteroatoms. The molecular formula is C15H14BrN3O3. The predicted molar refractivity (Wildman–Crippen MR) is 83.0 cm³/mol. The van der Waals surface area contributed by atoms with Gasteiger partial charge in [-0.1, -0.05) is 15.9 Å². The normalized spacial score (nSPS) is 14.3. The maximum Gasteiger partial charge on any atom is 0.271 e. The number of benzene rings is 1. The molecule has 0 radical (unpaired) electrons. The third-order valence-electron chi connectivity index (χ3n) is 3.27. The van der Waals surface area contributed by atoms with Crippen molar-refractivity contribution in [3.8, 4) is 11.5 Å². The van der Waals surface area contributed by atoms with Crippen molar-refractivity contribution >= 4 is 21.8 Å². The Morgan fingerprint density at radius 1 is 1.27 bits per heavy atom. The first kappa shape index (κ1) is 14.8. The Balaban J connectivity index is 1.80. The molecule has 1 atom stereocenters. The Morgan fingerprint density at radius 3 is 2.68 bits per heavy atom. The van der Waals surface area contributed by atoms with Gasteiger partial charge in [-0.25, -0.2) is 4.98 Å². The first-order valence-electron chi connectivity index (χ1n) is 6.81. The van der Waals surface area contributed by atoms with Gasteiger partial charge in [0.1, 0.15) is 18.9 Å². The predicted octanol–water partition coefficient (Wildman–Crippen LogP) is 2.50. The summed E-state index contributed by atoms with van der Waals surface area (Å²) in [7, 11) is 0. The van der Waals surface area contributed by atoms with Gasteiger partial charge < -0.3 is 14.8 Å². The van der Waals surface area contributed by atoms with Crippen molar-refractivity contribution in [3.63, 3.8) is 0 Å². The molecule has 3 rings (SSSR count). The smallest absolute Gasteiger partial charge is 0.271 e.